The van der Waals surface area contributed by atoms with Crippen molar-refractivity contribution in [1.29, 1.82) is 0 Å². The molecule has 5 rings (SSSR count). The number of ether oxygens (including phenoxy) is 1. The van der Waals surface area contributed by atoms with Gasteiger partial charge in [0.15, 0.2) is 5.82 Å². The molecule has 0 amide bonds. The third-order valence-corrected chi connectivity index (χ3v) is 5.37. The Labute approximate surface area is 167 Å². The van der Waals surface area contributed by atoms with Crippen LogP contribution >= 0.6 is 0 Å². The molecule has 0 radical (unpaired) electrons. The molecule has 0 bridgehead atoms. The van der Waals surface area contributed by atoms with Crippen molar-refractivity contribution in [3.63, 3.8) is 0 Å². The molecule has 29 heavy (non-hydrogen) atoms. The Hall–Kier alpha value is -3.32. The zero-order valence-electron chi connectivity index (χ0n) is 16.0. The van der Waals surface area contributed by atoms with Gasteiger partial charge in [-0.05, 0) is 40.6 Å². The highest BCUT2D eigenvalue weighted by atomic mass is 19.1. The Morgan fingerprint density at radius 3 is 2.79 bits per heavy atom. The summed E-state index contributed by atoms with van der Waals surface area (Å²) in [4.78, 5) is 6.42. The molecular formula is C22H20FN5O. The van der Waals surface area contributed by atoms with Gasteiger partial charge in [0.25, 0.3) is 0 Å². The second-order valence-corrected chi connectivity index (χ2v) is 7.21. The number of aromatic nitrogens is 4. The number of hydrogen-bond donors (Lipinski definition) is 0. The van der Waals surface area contributed by atoms with Crippen LogP contribution in [0.1, 0.15) is 17.3 Å². The van der Waals surface area contributed by atoms with E-state index in [0.717, 1.165) is 41.3 Å². The first-order valence-electron chi connectivity index (χ1n) is 9.51. The topological polar surface area (TPSA) is 56.1 Å². The Balaban J connectivity index is 1.45. The minimum atomic E-state index is -0.208. The quantitative estimate of drug-likeness (QED) is 0.521. The smallest absolute Gasteiger partial charge is 0.232 e. The molecule has 0 saturated carbocycles. The van der Waals surface area contributed by atoms with Crippen LogP contribution < -0.4 is 4.90 Å². The summed E-state index contributed by atoms with van der Waals surface area (Å²) in [5, 5.41) is 10.8. The fraction of sp³-hybridized carbons (Fsp3) is 0.227. The van der Waals surface area contributed by atoms with Gasteiger partial charge in [-0.1, -0.05) is 24.3 Å². The minimum absolute atomic E-state index is 0.208. The monoisotopic (exact) mass is 389 g/mol. The zero-order valence-corrected chi connectivity index (χ0v) is 16.0. The number of fused-ring (bicyclic) bond motifs is 1. The van der Waals surface area contributed by atoms with Crippen LogP contribution in [0, 0.1) is 5.82 Å². The second kappa shape index (κ2) is 7.25. The maximum atomic E-state index is 13.6. The number of halogens is 1. The molecule has 7 heteroatoms. The van der Waals surface area contributed by atoms with Crippen molar-refractivity contribution in [3.8, 4) is 5.69 Å². The summed E-state index contributed by atoms with van der Waals surface area (Å²) in [6, 6.07) is 14.9. The molecule has 0 atom stereocenters. The van der Waals surface area contributed by atoms with Crippen molar-refractivity contribution in [2.45, 2.75) is 12.5 Å². The summed E-state index contributed by atoms with van der Waals surface area (Å²) < 4.78 is 20.9. The van der Waals surface area contributed by atoms with Crippen LogP contribution in [-0.2, 0) is 11.3 Å². The molecule has 1 saturated heterocycles. The number of nitrogens with zero attached hydrogens (tertiary/aromatic N) is 5. The molecular weight excluding hydrogens is 369 g/mol. The highest BCUT2D eigenvalue weighted by molar-refractivity contribution is 5.86. The van der Waals surface area contributed by atoms with E-state index in [2.05, 4.69) is 26.1 Å². The van der Waals surface area contributed by atoms with Crippen molar-refractivity contribution >= 4 is 16.7 Å². The van der Waals surface area contributed by atoms with Gasteiger partial charge in [0, 0.05) is 32.3 Å². The SMILES string of the molecule is COCc1nnc(N2CC(c3cccc4cc(F)ccc34)C2)n1-c1cccnc1. The van der Waals surface area contributed by atoms with E-state index in [1.54, 1.807) is 25.6 Å². The highest BCUT2D eigenvalue weighted by Gasteiger charge is 2.33. The van der Waals surface area contributed by atoms with Crippen LogP contribution in [0.3, 0.4) is 0 Å². The first-order valence-corrected chi connectivity index (χ1v) is 9.51. The van der Waals surface area contributed by atoms with Crippen LogP contribution in [0.4, 0.5) is 10.3 Å². The number of benzene rings is 2. The summed E-state index contributed by atoms with van der Waals surface area (Å²) in [6.45, 7) is 2.01. The highest BCUT2D eigenvalue weighted by Crippen LogP contribution is 2.35. The summed E-state index contributed by atoms with van der Waals surface area (Å²) in [5.74, 6) is 1.67. The molecule has 1 aliphatic heterocycles. The number of pyridine rings is 1. The summed E-state index contributed by atoms with van der Waals surface area (Å²) in [5.41, 5.74) is 2.15. The molecule has 6 nitrogen and oxygen atoms in total. The van der Waals surface area contributed by atoms with Crippen molar-refractivity contribution in [1.82, 2.24) is 19.7 Å². The first kappa shape index (κ1) is 17.8. The lowest BCUT2D eigenvalue weighted by Gasteiger charge is -2.40. The zero-order chi connectivity index (χ0) is 19.8. The largest absolute Gasteiger partial charge is 0.377 e. The molecule has 0 spiro atoms. The maximum absolute atomic E-state index is 13.6. The van der Waals surface area contributed by atoms with Crippen molar-refractivity contribution < 1.29 is 9.13 Å². The lowest BCUT2D eigenvalue weighted by molar-refractivity contribution is 0.176. The number of rotatable bonds is 5. The standard InChI is InChI=1S/C22H20FN5O/c1-29-14-21-25-26-22(28(21)18-5-3-9-24-11-18)27-12-16(13-27)19-6-2-4-15-10-17(23)7-8-20(15)19/h2-11,16H,12-14H2,1H3. The predicted octanol–water partition coefficient (Wildman–Crippen LogP) is 3.70. The van der Waals surface area contributed by atoms with Gasteiger partial charge in [0.1, 0.15) is 12.4 Å². The number of methoxy groups -OCH3 is 1. The first-order chi connectivity index (χ1) is 14.2. The fourth-order valence-electron chi connectivity index (χ4n) is 3.96. The van der Waals surface area contributed by atoms with Gasteiger partial charge in [-0.2, -0.15) is 0 Å². The van der Waals surface area contributed by atoms with E-state index in [4.69, 9.17) is 4.74 Å². The molecule has 0 unspecified atom stereocenters. The molecule has 0 aliphatic carbocycles. The Morgan fingerprint density at radius 1 is 1.10 bits per heavy atom. The minimum Gasteiger partial charge on any atom is -0.377 e. The van der Waals surface area contributed by atoms with E-state index >= 15 is 0 Å². The van der Waals surface area contributed by atoms with E-state index in [1.807, 2.05) is 34.9 Å². The lowest BCUT2D eigenvalue weighted by atomic mass is 9.88. The van der Waals surface area contributed by atoms with E-state index in [-0.39, 0.29) is 5.82 Å². The van der Waals surface area contributed by atoms with E-state index in [0.29, 0.717) is 12.5 Å². The predicted molar refractivity (Wildman–Crippen MR) is 109 cm³/mol. The Bertz CT molecular complexity index is 1150. The number of hydrogen-bond acceptors (Lipinski definition) is 5. The van der Waals surface area contributed by atoms with Crippen LogP contribution in [0.25, 0.3) is 16.5 Å². The average Bonchev–Trinajstić information content (AvgIpc) is 3.11. The van der Waals surface area contributed by atoms with Gasteiger partial charge >= 0.3 is 0 Å². The third-order valence-electron chi connectivity index (χ3n) is 5.37. The molecule has 0 N–H and O–H groups in total. The summed E-state index contributed by atoms with van der Waals surface area (Å²) >= 11 is 0. The lowest BCUT2D eigenvalue weighted by Crippen LogP contribution is -2.46. The van der Waals surface area contributed by atoms with Crippen LogP contribution in [0.2, 0.25) is 0 Å². The van der Waals surface area contributed by atoms with Gasteiger partial charge in [0.2, 0.25) is 5.95 Å². The van der Waals surface area contributed by atoms with E-state index in [9.17, 15) is 4.39 Å². The molecule has 4 aromatic rings. The maximum Gasteiger partial charge on any atom is 0.232 e. The fourth-order valence-corrected chi connectivity index (χ4v) is 3.96. The summed E-state index contributed by atoms with van der Waals surface area (Å²) in [6.07, 6.45) is 3.54. The van der Waals surface area contributed by atoms with Crippen molar-refractivity contribution in [2.75, 3.05) is 25.1 Å². The second-order valence-electron chi connectivity index (χ2n) is 7.21. The Kier molecular flexibility index (Phi) is 4.44. The molecule has 2 aromatic carbocycles. The normalized spacial score (nSPS) is 14.3. The molecule has 1 aliphatic rings. The van der Waals surface area contributed by atoms with Crippen LogP contribution in [0.5, 0.6) is 0 Å². The van der Waals surface area contributed by atoms with Gasteiger partial charge in [-0.3, -0.25) is 9.55 Å². The van der Waals surface area contributed by atoms with E-state index < -0.39 is 0 Å². The third kappa shape index (κ3) is 3.13. The van der Waals surface area contributed by atoms with Gasteiger partial charge in [-0.15, -0.1) is 10.2 Å². The number of anilines is 1. The molecule has 2 aromatic heterocycles. The van der Waals surface area contributed by atoms with Gasteiger partial charge in [0.05, 0.1) is 11.9 Å². The molecule has 146 valence electrons. The van der Waals surface area contributed by atoms with Gasteiger partial charge in [-0.25, -0.2) is 4.39 Å². The Morgan fingerprint density at radius 2 is 2.00 bits per heavy atom. The van der Waals surface area contributed by atoms with Crippen molar-refractivity contribution in [2.24, 2.45) is 0 Å². The van der Waals surface area contributed by atoms with E-state index in [1.165, 1.54) is 11.6 Å². The molecule has 3 heterocycles. The van der Waals surface area contributed by atoms with Gasteiger partial charge < -0.3 is 9.64 Å². The van der Waals surface area contributed by atoms with Crippen LogP contribution in [-0.4, -0.2) is 39.9 Å². The summed E-state index contributed by atoms with van der Waals surface area (Å²) in [7, 11) is 1.64. The van der Waals surface area contributed by atoms with Crippen molar-refractivity contribution in [3.05, 3.63) is 78.1 Å². The molecule has 1 fully saturated rings. The van der Waals surface area contributed by atoms with Crippen LogP contribution in [0.15, 0.2) is 60.9 Å². The average molecular weight is 389 g/mol.